The molecule has 1 aliphatic heterocycles. The molecule has 0 aromatic heterocycles. The lowest BCUT2D eigenvalue weighted by molar-refractivity contribution is 0.284. The molecule has 0 amide bonds. The second kappa shape index (κ2) is 11.1. The Balaban J connectivity index is 0.00000364. The van der Waals surface area contributed by atoms with Gasteiger partial charge in [-0.3, -0.25) is 4.99 Å². The summed E-state index contributed by atoms with van der Waals surface area (Å²) in [4.78, 5) is 7.31. The number of aryl methyl sites for hydroxylation is 1. The molecule has 0 unspecified atom stereocenters. The first-order chi connectivity index (χ1) is 12.4. The van der Waals surface area contributed by atoms with Crippen LogP contribution in [0.2, 0.25) is 0 Å². The highest BCUT2D eigenvalue weighted by Gasteiger charge is 2.15. The standard InChI is InChI=1S/C24H34N2.ClH/c1-7-22(23-14-10-9-13-19(23)4)17-24(25-18(2)3)20(5)21(6)26-15-11-8-12-16-26;/h9-10,13-14,17H,2,7-8,11-12,15-16H2,1,3-6H3;1H/b21-20+,22-17+,25-24?;. The van der Waals surface area contributed by atoms with Crippen LogP contribution >= 0.6 is 12.4 Å². The van der Waals surface area contributed by atoms with Crippen LogP contribution < -0.4 is 0 Å². The van der Waals surface area contributed by atoms with Crippen LogP contribution in [-0.4, -0.2) is 23.7 Å². The van der Waals surface area contributed by atoms with Crippen LogP contribution in [0.25, 0.3) is 5.57 Å². The molecule has 2 nitrogen and oxygen atoms in total. The maximum absolute atomic E-state index is 4.80. The van der Waals surface area contributed by atoms with Gasteiger partial charge in [0.05, 0.1) is 5.71 Å². The Morgan fingerprint density at radius 2 is 1.74 bits per heavy atom. The van der Waals surface area contributed by atoms with Gasteiger partial charge >= 0.3 is 0 Å². The quantitative estimate of drug-likeness (QED) is 0.482. The number of allylic oxidation sites excluding steroid dienone is 5. The van der Waals surface area contributed by atoms with E-state index in [1.54, 1.807) is 0 Å². The van der Waals surface area contributed by atoms with Crippen LogP contribution in [0.5, 0.6) is 0 Å². The summed E-state index contributed by atoms with van der Waals surface area (Å²) in [6.07, 6.45) is 7.17. The predicted octanol–water partition coefficient (Wildman–Crippen LogP) is 6.96. The molecule has 0 radical (unpaired) electrons. The number of aliphatic imine (C=N–C) groups is 1. The first-order valence-electron chi connectivity index (χ1n) is 9.87. The van der Waals surface area contributed by atoms with Crippen molar-refractivity contribution >= 4 is 23.7 Å². The average molecular weight is 387 g/mol. The van der Waals surface area contributed by atoms with Crippen LogP contribution in [0.3, 0.4) is 0 Å². The van der Waals surface area contributed by atoms with E-state index in [-0.39, 0.29) is 12.4 Å². The summed E-state index contributed by atoms with van der Waals surface area (Å²) in [5.74, 6) is 0. The van der Waals surface area contributed by atoms with Crippen molar-refractivity contribution in [3.05, 3.63) is 65.0 Å². The van der Waals surface area contributed by atoms with Crippen molar-refractivity contribution in [1.82, 2.24) is 4.90 Å². The Morgan fingerprint density at radius 3 is 2.30 bits per heavy atom. The fraction of sp³-hybridized carbons (Fsp3) is 0.458. The van der Waals surface area contributed by atoms with Crippen LogP contribution in [0, 0.1) is 6.92 Å². The summed E-state index contributed by atoms with van der Waals surface area (Å²) < 4.78 is 0. The minimum absolute atomic E-state index is 0. The molecule has 0 saturated carbocycles. The first kappa shape index (κ1) is 23.2. The van der Waals surface area contributed by atoms with Crippen molar-refractivity contribution in [2.45, 2.75) is 60.3 Å². The van der Waals surface area contributed by atoms with E-state index >= 15 is 0 Å². The van der Waals surface area contributed by atoms with Gasteiger partial charge in [-0.2, -0.15) is 0 Å². The lowest BCUT2D eigenvalue weighted by Gasteiger charge is -2.31. The number of likely N-dealkylation sites (tertiary alicyclic amines) is 1. The van der Waals surface area contributed by atoms with Crippen molar-refractivity contribution in [3.8, 4) is 0 Å². The van der Waals surface area contributed by atoms with Gasteiger partial charge in [0.15, 0.2) is 0 Å². The molecule has 0 bridgehead atoms. The van der Waals surface area contributed by atoms with Crippen LogP contribution in [0.1, 0.15) is 64.5 Å². The number of nitrogens with zero attached hydrogens (tertiary/aromatic N) is 2. The van der Waals surface area contributed by atoms with Crippen LogP contribution in [0.4, 0.5) is 0 Å². The highest BCUT2D eigenvalue weighted by atomic mass is 35.5. The summed E-state index contributed by atoms with van der Waals surface area (Å²) in [6, 6.07) is 8.60. The first-order valence-corrected chi connectivity index (χ1v) is 9.87. The molecule has 1 heterocycles. The lowest BCUT2D eigenvalue weighted by Crippen LogP contribution is -2.29. The number of piperidine rings is 1. The van der Waals surface area contributed by atoms with E-state index in [0.717, 1.165) is 30.9 Å². The molecule has 0 aliphatic carbocycles. The van der Waals surface area contributed by atoms with E-state index in [1.807, 2.05) is 6.92 Å². The minimum atomic E-state index is 0. The van der Waals surface area contributed by atoms with E-state index in [0.29, 0.717) is 0 Å². The molecule has 0 atom stereocenters. The molecule has 1 aromatic carbocycles. The molecule has 0 N–H and O–H groups in total. The molecule has 0 spiro atoms. The van der Waals surface area contributed by atoms with E-state index in [4.69, 9.17) is 4.99 Å². The Morgan fingerprint density at radius 1 is 1.11 bits per heavy atom. The molecular formula is C24H35ClN2. The number of benzene rings is 1. The number of halogens is 1. The Labute approximate surface area is 172 Å². The monoisotopic (exact) mass is 386 g/mol. The zero-order valence-electron chi connectivity index (χ0n) is 17.6. The van der Waals surface area contributed by atoms with Gasteiger partial charge in [-0.05, 0) is 81.7 Å². The zero-order chi connectivity index (χ0) is 19.1. The smallest absolute Gasteiger partial charge is 0.0681 e. The van der Waals surface area contributed by atoms with E-state index in [2.05, 4.69) is 69.5 Å². The summed E-state index contributed by atoms with van der Waals surface area (Å²) in [5.41, 5.74) is 8.45. The van der Waals surface area contributed by atoms with Gasteiger partial charge in [0.2, 0.25) is 0 Å². The third-order valence-corrected chi connectivity index (χ3v) is 5.25. The highest BCUT2D eigenvalue weighted by Crippen LogP contribution is 2.25. The Kier molecular flexibility index (Phi) is 9.59. The SMILES string of the molecule is C=C(C)N=C(/C=C(\CC)c1ccccc1C)/C(C)=C(\C)N1CCCCC1.Cl. The van der Waals surface area contributed by atoms with Crippen molar-refractivity contribution < 1.29 is 0 Å². The van der Waals surface area contributed by atoms with Crippen molar-refractivity contribution in [3.63, 3.8) is 0 Å². The van der Waals surface area contributed by atoms with Gasteiger partial charge in [-0.1, -0.05) is 37.8 Å². The van der Waals surface area contributed by atoms with E-state index < -0.39 is 0 Å². The molecule has 2 rings (SSSR count). The van der Waals surface area contributed by atoms with Crippen molar-refractivity contribution in [2.75, 3.05) is 13.1 Å². The van der Waals surface area contributed by atoms with Gasteiger partial charge < -0.3 is 4.90 Å². The van der Waals surface area contributed by atoms with Gasteiger partial charge in [0.25, 0.3) is 0 Å². The maximum atomic E-state index is 4.80. The second-order valence-electron chi connectivity index (χ2n) is 7.33. The largest absolute Gasteiger partial charge is 0.375 e. The molecule has 148 valence electrons. The summed E-state index contributed by atoms with van der Waals surface area (Å²) in [6.45, 7) is 17.1. The predicted molar refractivity (Wildman–Crippen MR) is 123 cm³/mol. The molecule has 1 aromatic rings. The van der Waals surface area contributed by atoms with Gasteiger partial charge in [0.1, 0.15) is 0 Å². The molecule has 3 heteroatoms. The molecule has 1 saturated heterocycles. The normalized spacial score (nSPS) is 16.6. The summed E-state index contributed by atoms with van der Waals surface area (Å²) in [5, 5.41) is 0. The van der Waals surface area contributed by atoms with Gasteiger partial charge in [-0.15, -0.1) is 12.4 Å². The number of hydrogen-bond donors (Lipinski definition) is 0. The maximum Gasteiger partial charge on any atom is 0.0681 e. The number of rotatable bonds is 6. The summed E-state index contributed by atoms with van der Waals surface area (Å²) >= 11 is 0. The van der Waals surface area contributed by atoms with Crippen molar-refractivity contribution in [2.24, 2.45) is 4.99 Å². The molecular weight excluding hydrogens is 352 g/mol. The third-order valence-electron chi connectivity index (χ3n) is 5.25. The average Bonchev–Trinajstić information content (AvgIpc) is 2.65. The van der Waals surface area contributed by atoms with Gasteiger partial charge in [-0.25, -0.2) is 0 Å². The van der Waals surface area contributed by atoms with Crippen molar-refractivity contribution in [1.29, 1.82) is 0 Å². The topological polar surface area (TPSA) is 15.6 Å². The summed E-state index contributed by atoms with van der Waals surface area (Å²) in [7, 11) is 0. The Bertz CT molecular complexity index is 735. The zero-order valence-corrected chi connectivity index (χ0v) is 18.5. The lowest BCUT2D eigenvalue weighted by atomic mass is 9.95. The van der Waals surface area contributed by atoms with Gasteiger partial charge in [0, 0.05) is 24.5 Å². The third kappa shape index (κ3) is 6.39. The molecule has 27 heavy (non-hydrogen) atoms. The van der Waals surface area contributed by atoms with E-state index in [9.17, 15) is 0 Å². The fourth-order valence-corrected chi connectivity index (χ4v) is 3.55. The van der Waals surface area contributed by atoms with Crippen LogP contribution in [0.15, 0.2) is 58.9 Å². The highest BCUT2D eigenvalue weighted by molar-refractivity contribution is 6.12. The minimum Gasteiger partial charge on any atom is -0.375 e. The Hall–Kier alpha value is -1.80. The van der Waals surface area contributed by atoms with Crippen LogP contribution in [-0.2, 0) is 0 Å². The molecule has 1 aliphatic rings. The molecule has 1 fully saturated rings. The van der Waals surface area contributed by atoms with E-state index in [1.165, 1.54) is 47.2 Å². The fourth-order valence-electron chi connectivity index (χ4n) is 3.55. The second-order valence-corrected chi connectivity index (χ2v) is 7.33. The number of hydrogen-bond acceptors (Lipinski definition) is 2.